The Kier molecular flexibility index (Phi) is 10.9. The molecular weight excluding hydrogens is 289 g/mol. The Hall–Kier alpha value is -0.0700. The zero-order valence-electron chi connectivity index (χ0n) is 12.0. The molecule has 1 amide bonds. The number of carbonyl (C=O) groups is 1. The maximum atomic E-state index is 11.6. The first-order chi connectivity index (χ1) is 7.96. The number of rotatable bonds is 5. The number of nitrogens with zero attached hydrogens (tertiary/aromatic N) is 1. The maximum Gasteiger partial charge on any atom is 0.221 e. The number of likely N-dealkylation sites (N-methyl/N-ethyl adjacent to an activating group) is 1. The average Bonchev–Trinajstić information content (AvgIpc) is 2.26. The van der Waals surface area contributed by atoms with Crippen molar-refractivity contribution in [1.82, 2.24) is 10.2 Å². The quantitative estimate of drug-likeness (QED) is 0.787. The number of hydrogen-bond acceptors (Lipinski definition) is 4. The highest BCUT2D eigenvalue weighted by atomic mass is 35.5. The minimum Gasteiger partial charge on any atom is -0.381 e. The molecule has 1 aliphatic heterocycles. The number of halogens is 2. The van der Waals surface area contributed by atoms with E-state index in [-0.39, 0.29) is 42.3 Å². The molecule has 0 aromatic carbocycles. The van der Waals surface area contributed by atoms with E-state index in [1.54, 1.807) is 0 Å². The highest BCUT2D eigenvalue weighted by Crippen LogP contribution is 2.24. The summed E-state index contributed by atoms with van der Waals surface area (Å²) in [6.45, 7) is 4.05. The molecule has 1 atom stereocenters. The van der Waals surface area contributed by atoms with Gasteiger partial charge in [-0.3, -0.25) is 4.79 Å². The Labute approximate surface area is 128 Å². The fraction of sp³-hybridized carbons (Fsp3) is 0.917. The van der Waals surface area contributed by atoms with Gasteiger partial charge in [-0.15, -0.1) is 24.8 Å². The van der Waals surface area contributed by atoms with Gasteiger partial charge in [-0.1, -0.05) is 0 Å². The summed E-state index contributed by atoms with van der Waals surface area (Å²) in [6.07, 6.45) is 2.30. The van der Waals surface area contributed by atoms with Crippen LogP contribution in [0.3, 0.4) is 0 Å². The zero-order chi connectivity index (χ0) is 12.9. The number of carbonyl (C=O) groups excluding carboxylic acids is 1. The van der Waals surface area contributed by atoms with E-state index in [0.717, 1.165) is 26.1 Å². The monoisotopic (exact) mass is 315 g/mol. The van der Waals surface area contributed by atoms with E-state index in [1.807, 2.05) is 6.92 Å². The molecule has 0 spiro atoms. The molecule has 5 nitrogen and oxygen atoms in total. The summed E-state index contributed by atoms with van der Waals surface area (Å²) in [7, 11) is 4.12. The van der Waals surface area contributed by atoms with Crippen LogP contribution in [0.25, 0.3) is 0 Å². The van der Waals surface area contributed by atoms with E-state index in [2.05, 4.69) is 24.3 Å². The molecule has 116 valence electrons. The van der Waals surface area contributed by atoms with Crippen molar-refractivity contribution in [3.8, 4) is 0 Å². The molecule has 0 aromatic rings. The summed E-state index contributed by atoms with van der Waals surface area (Å²) in [5.74, 6) is 0.0349. The van der Waals surface area contributed by atoms with E-state index in [1.165, 1.54) is 0 Å². The van der Waals surface area contributed by atoms with Crippen LogP contribution in [0.1, 0.15) is 26.2 Å². The minimum atomic E-state index is -0.0833. The van der Waals surface area contributed by atoms with Gasteiger partial charge in [0.25, 0.3) is 0 Å². The molecule has 1 aliphatic rings. The van der Waals surface area contributed by atoms with Gasteiger partial charge in [-0.2, -0.15) is 0 Å². The first-order valence-electron chi connectivity index (χ1n) is 6.24. The van der Waals surface area contributed by atoms with Crippen LogP contribution in [-0.4, -0.2) is 56.2 Å². The second-order valence-corrected chi connectivity index (χ2v) is 5.19. The van der Waals surface area contributed by atoms with Gasteiger partial charge in [0, 0.05) is 37.8 Å². The van der Waals surface area contributed by atoms with Gasteiger partial charge in [0.1, 0.15) is 0 Å². The molecule has 1 fully saturated rings. The Morgan fingerprint density at radius 1 is 1.37 bits per heavy atom. The largest absolute Gasteiger partial charge is 0.381 e. The summed E-state index contributed by atoms with van der Waals surface area (Å²) in [5.41, 5.74) is 5.64. The van der Waals surface area contributed by atoms with Gasteiger partial charge in [0.15, 0.2) is 0 Å². The molecule has 1 unspecified atom stereocenters. The van der Waals surface area contributed by atoms with Crippen molar-refractivity contribution in [2.45, 2.75) is 37.8 Å². The van der Waals surface area contributed by atoms with Crippen LogP contribution in [0.4, 0.5) is 0 Å². The predicted molar refractivity (Wildman–Crippen MR) is 82.2 cm³/mol. The Balaban J connectivity index is 0. The second kappa shape index (κ2) is 9.77. The van der Waals surface area contributed by atoms with E-state index in [4.69, 9.17) is 10.5 Å². The second-order valence-electron chi connectivity index (χ2n) is 5.19. The van der Waals surface area contributed by atoms with Gasteiger partial charge < -0.3 is 20.7 Å². The lowest BCUT2D eigenvalue weighted by Gasteiger charge is -2.42. The first-order valence-corrected chi connectivity index (χ1v) is 6.24. The van der Waals surface area contributed by atoms with E-state index in [0.29, 0.717) is 13.0 Å². The summed E-state index contributed by atoms with van der Waals surface area (Å²) >= 11 is 0. The van der Waals surface area contributed by atoms with Crippen LogP contribution >= 0.6 is 24.8 Å². The number of amides is 1. The number of nitrogens with two attached hydrogens (primary N) is 1. The topological polar surface area (TPSA) is 67.6 Å². The average molecular weight is 316 g/mol. The van der Waals surface area contributed by atoms with Crippen molar-refractivity contribution >= 4 is 30.7 Å². The third-order valence-electron chi connectivity index (χ3n) is 3.49. The number of nitrogens with one attached hydrogen (secondary N) is 1. The standard InChI is InChI=1S/C12H25N3O2.2ClH/c1-10(13)8-11(16)14-9-12(15(2)3)4-6-17-7-5-12;;/h10H,4-9,13H2,1-3H3,(H,14,16);2*1H. The normalized spacial score (nSPS) is 19.0. The van der Waals surface area contributed by atoms with Crippen LogP contribution in [0.2, 0.25) is 0 Å². The van der Waals surface area contributed by atoms with Gasteiger partial charge in [0.05, 0.1) is 0 Å². The van der Waals surface area contributed by atoms with Crippen LogP contribution in [0.5, 0.6) is 0 Å². The van der Waals surface area contributed by atoms with Gasteiger partial charge in [-0.25, -0.2) is 0 Å². The molecule has 1 saturated heterocycles. The van der Waals surface area contributed by atoms with Crippen LogP contribution in [0, 0.1) is 0 Å². The zero-order valence-corrected chi connectivity index (χ0v) is 13.6. The summed E-state index contributed by atoms with van der Waals surface area (Å²) in [6, 6.07) is -0.0833. The lowest BCUT2D eigenvalue weighted by molar-refractivity contribution is -0.122. The molecule has 0 aromatic heterocycles. The lowest BCUT2D eigenvalue weighted by Crippen LogP contribution is -2.55. The van der Waals surface area contributed by atoms with Crippen molar-refractivity contribution < 1.29 is 9.53 Å². The van der Waals surface area contributed by atoms with Gasteiger partial charge >= 0.3 is 0 Å². The Morgan fingerprint density at radius 2 is 1.89 bits per heavy atom. The minimum absolute atomic E-state index is 0. The molecule has 1 rings (SSSR count). The Morgan fingerprint density at radius 3 is 2.32 bits per heavy atom. The third kappa shape index (κ3) is 6.77. The van der Waals surface area contributed by atoms with Gasteiger partial charge in [-0.05, 0) is 33.9 Å². The predicted octanol–water partition coefficient (Wildman–Crippen LogP) is 0.794. The third-order valence-corrected chi connectivity index (χ3v) is 3.49. The molecule has 7 heteroatoms. The summed E-state index contributed by atoms with van der Waals surface area (Å²) in [5, 5.41) is 2.99. The molecule has 3 N–H and O–H groups in total. The SMILES string of the molecule is CC(N)CC(=O)NCC1(N(C)C)CCOCC1.Cl.Cl. The fourth-order valence-electron chi connectivity index (χ4n) is 2.16. The highest BCUT2D eigenvalue weighted by molar-refractivity contribution is 5.85. The van der Waals surface area contributed by atoms with Crippen molar-refractivity contribution in [1.29, 1.82) is 0 Å². The van der Waals surface area contributed by atoms with Crippen molar-refractivity contribution in [2.24, 2.45) is 5.73 Å². The molecule has 0 bridgehead atoms. The highest BCUT2D eigenvalue weighted by Gasteiger charge is 2.34. The molecule has 0 saturated carbocycles. The van der Waals surface area contributed by atoms with Crippen molar-refractivity contribution in [3.05, 3.63) is 0 Å². The fourth-order valence-corrected chi connectivity index (χ4v) is 2.16. The molecule has 1 heterocycles. The first kappa shape index (κ1) is 21.2. The van der Waals surface area contributed by atoms with E-state index in [9.17, 15) is 4.79 Å². The molecule has 0 aliphatic carbocycles. The lowest BCUT2D eigenvalue weighted by atomic mass is 9.88. The van der Waals surface area contributed by atoms with Crippen LogP contribution < -0.4 is 11.1 Å². The number of hydrogen-bond donors (Lipinski definition) is 2. The van der Waals surface area contributed by atoms with Gasteiger partial charge in [0.2, 0.25) is 5.91 Å². The summed E-state index contributed by atoms with van der Waals surface area (Å²) < 4.78 is 5.39. The molecule has 0 radical (unpaired) electrons. The molecule has 19 heavy (non-hydrogen) atoms. The molecular formula is C12H27Cl2N3O2. The van der Waals surface area contributed by atoms with Crippen molar-refractivity contribution in [2.75, 3.05) is 33.9 Å². The maximum absolute atomic E-state index is 11.6. The smallest absolute Gasteiger partial charge is 0.221 e. The van der Waals surface area contributed by atoms with Crippen molar-refractivity contribution in [3.63, 3.8) is 0 Å². The van der Waals surface area contributed by atoms with Crippen LogP contribution in [0.15, 0.2) is 0 Å². The summed E-state index contributed by atoms with van der Waals surface area (Å²) in [4.78, 5) is 13.8. The van der Waals surface area contributed by atoms with E-state index >= 15 is 0 Å². The van der Waals surface area contributed by atoms with Crippen LogP contribution in [-0.2, 0) is 9.53 Å². The van der Waals surface area contributed by atoms with E-state index < -0.39 is 0 Å². The number of ether oxygens (including phenoxy) is 1. The Bertz CT molecular complexity index is 257.